The van der Waals surface area contributed by atoms with E-state index in [1.165, 1.54) is 64.6 Å². The fourth-order valence-corrected chi connectivity index (χ4v) is 2.84. The van der Waals surface area contributed by atoms with E-state index in [1.54, 1.807) is 0 Å². The van der Waals surface area contributed by atoms with Gasteiger partial charge in [0.2, 0.25) is 0 Å². The summed E-state index contributed by atoms with van der Waals surface area (Å²) >= 11 is 0. The third kappa shape index (κ3) is 6.42. The van der Waals surface area contributed by atoms with Crippen molar-refractivity contribution < 1.29 is 0 Å². The summed E-state index contributed by atoms with van der Waals surface area (Å²) in [7, 11) is 2.06. The van der Waals surface area contributed by atoms with Crippen LogP contribution < -0.4 is 5.32 Å². The lowest BCUT2D eigenvalue weighted by Gasteiger charge is -2.31. The first-order valence-corrected chi connectivity index (χ1v) is 7.65. The number of piperidine rings is 1. The standard InChI is InChI=1S/C15H32N2/c1-4-7-15-9-12-17(13-10-15)11-6-5-8-14(2)16-3/h14-16H,4-13H2,1-3H3. The molecular formula is C15H32N2. The molecule has 102 valence electrons. The second kappa shape index (κ2) is 8.93. The van der Waals surface area contributed by atoms with Crippen LogP contribution >= 0.6 is 0 Å². The molecule has 1 heterocycles. The number of nitrogens with zero attached hydrogens (tertiary/aromatic N) is 1. The fraction of sp³-hybridized carbons (Fsp3) is 1.00. The van der Waals surface area contributed by atoms with Gasteiger partial charge in [0, 0.05) is 6.04 Å². The Morgan fingerprint density at radius 2 is 1.94 bits per heavy atom. The summed E-state index contributed by atoms with van der Waals surface area (Å²) in [5.74, 6) is 1.03. The van der Waals surface area contributed by atoms with Crippen molar-refractivity contribution in [2.75, 3.05) is 26.7 Å². The van der Waals surface area contributed by atoms with E-state index in [2.05, 4.69) is 31.1 Å². The molecule has 0 aromatic carbocycles. The van der Waals surface area contributed by atoms with Crippen molar-refractivity contribution in [3.05, 3.63) is 0 Å². The van der Waals surface area contributed by atoms with Crippen LogP contribution in [0.1, 0.15) is 58.8 Å². The zero-order valence-corrected chi connectivity index (χ0v) is 12.2. The monoisotopic (exact) mass is 240 g/mol. The van der Waals surface area contributed by atoms with E-state index in [9.17, 15) is 0 Å². The van der Waals surface area contributed by atoms with Crippen LogP contribution in [0.2, 0.25) is 0 Å². The van der Waals surface area contributed by atoms with Gasteiger partial charge in [0.25, 0.3) is 0 Å². The normalized spacial score (nSPS) is 20.6. The second-order valence-corrected chi connectivity index (χ2v) is 5.76. The molecule has 0 spiro atoms. The van der Waals surface area contributed by atoms with Gasteiger partial charge in [0.1, 0.15) is 0 Å². The number of hydrogen-bond donors (Lipinski definition) is 1. The van der Waals surface area contributed by atoms with Crippen LogP contribution in [0.15, 0.2) is 0 Å². The maximum atomic E-state index is 3.31. The highest BCUT2D eigenvalue weighted by atomic mass is 15.1. The quantitative estimate of drug-likeness (QED) is 0.655. The van der Waals surface area contributed by atoms with Crippen LogP contribution in [0.3, 0.4) is 0 Å². The van der Waals surface area contributed by atoms with E-state index >= 15 is 0 Å². The average Bonchev–Trinajstić information content (AvgIpc) is 2.36. The summed E-state index contributed by atoms with van der Waals surface area (Å²) < 4.78 is 0. The van der Waals surface area contributed by atoms with Crippen molar-refractivity contribution in [2.24, 2.45) is 5.92 Å². The lowest BCUT2D eigenvalue weighted by atomic mass is 9.92. The Morgan fingerprint density at radius 3 is 2.53 bits per heavy atom. The van der Waals surface area contributed by atoms with E-state index in [-0.39, 0.29) is 0 Å². The number of rotatable bonds is 8. The van der Waals surface area contributed by atoms with Crippen molar-refractivity contribution in [3.8, 4) is 0 Å². The number of hydrogen-bond acceptors (Lipinski definition) is 2. The van der Waals surface area contributed by atoms with Crippen molar-refractivity contribution in [1.82, 2.24) is 10.2 Å². The first kappa shape index (κ1) is 15.0. The Kier molecular flexibility index (Phi) is 7.87. The predicted molar refractivity (Wildman–Crippen MR) is 76.4 cm³/mol. The molecular weight excluding hydrogens is 208 g/mol. The van der Waals surface area contributed by atoms with Gasteiger partial charge in [-0.1, -0.05) is 26.2 Å². The van der Waals surface area contributed by atoms with Crippen LogP contribution in [0.25, 0.3) is 0 Å². The molecule has 17 heavy (non-hydrogen) atoms. The summed E-state index contributed by atoms with van der Waals surface area (Å²) in [6, 6.07) is 0.685. The summed E-state index contributed by atoms with van der Waals surface area (Å²) in [5.41, 5.74) is 0. The molecule has 1 aliphatic rings. The van der Waals surface area contributed by atoms with Gasteiger partial charge in [-0.05, 0) is 65.2 Å². The Hall–Kier alpha value is -0.0800. The maximum Gasteiger partial charge on any atom is 0.00357 e. The number of unbranched alkanes of at least 4 members (excludes halogenated alkanes) is 1. The second-order valence-electron chi connectivity index (χ2n) is 5.76. The van der Waals surface area contributed by atoms with Crippen LogP contribution in [-0.4, -0.2) is 37.6 Å². The zero-order valence-electron chi connectivity index (χ0n) is 12.2. The molecule has 2 heteroatoms. The molecule has 1 unspecified atom stereocenters. The summed E-state index contributed by atoms with van der Waals surface area (Å²) in [6.07, 6.45) is 9.78. The molecule has 1 rings (SSSR count). The number of likely N-dealkylation sites (tertiary alicyclic amines) is 1. The van der Waals surface area contributed by atoms with E-state index in [4.69, 9.17) is 0 Å². The van der Waals surface area contributed by atoms with E-state index in [0.29, 0.717) is 6.04 Å². The van der Waals surface area contributed by atoms with Crippen molar-refractivity contribution in [3.63, 3.8) is 0 Å². The molecule has 0 aliphatic carbocycles. The summed E-state index contributed by atoms with van der Waals surface area (Å²) in [4.78, 5) is 2.68. The van der Waals surface area contributed by atoms with Gasteiger partial charge in [-0.15, -0.1) is 0 Å². The predicted octanol–water partition coefficient (Wildman–Crippen LogP) is 3.28. The maximum absolute atomic E-state index is 3.31. The highest BCUT2D eigenvalue weighted by Gasteiger charge is 2.17. The molecule has 1 aliphatic heterocycles. The first-order valence-electron chi connectivity index (χ1n) is 7.65. The van der Waals surface area contributed by atoms with Crippen molar-refractivity contribution >= 4 is 0 Å². The third-order valence-electron chi connectivity index (χ3n) is 4.26. The van der Waals surface area contributed by atoms with Gasteiger partial charge in [-0.2, -0.15) is 0 Å². The molecule has 0 saturated carbocycles. The average molecular weight is 240 g/mol. The van der Waals surface area contributed by atoms with Crippen LogP contribution in [0.5, 0.6) is 0 Å². The van der Waals surface area contributed by atoms with Gasteiger partial charge in [0.15, 0.2) is 0 Å². The molecule has 1 fully saturated rings. The van der Waals surface area contributed by atoms with Gasteiger partial charge in [0.05, 0.1) is 0 Å². The molecule has 1 saturated heterocycles. The highest BCUT2D eigenvalue weighted by Crippen LogP contribution is 2.21. The molecule has 1 atom stereocenters. The largest absolute Gasteiger partial charge is 0.317 e. The minimum Gasteiger partial charge on any atom is -0.317 e. The first-order chi connectivity index (χ1) is 8.26. The smallest absolute Gasteiger partial charge is 0.00357 e. The molecule has 0 bridgehead atoms. The third-order valence-corrected chi connectivity index (χ3v) is 4.26. The SMILES string of the molecule is CCCC1CCN(CCCCC(C)NC)CC1. The Labute approximate surface area is 108 Å². The summed E-state index contributed by atoms with van der Waals surface area (Å²) in [6.45, 7) is 8.62. The highest BCUT2D eigenvalue weighted by molar-refractivity contribution is 4.72. The minimum absolute atomic E-state index is 0.685. The Bertz CT molecular complexity index is 174. The number of nitrogens with one attached hydrogen (secondary N) is 1. The van der Waals surface area contributed by atoms with E-state index in [0.717, 1.165) is 5.92 Å². The van der Waals surface area contributed by atoms with Gasteiger partial charge < -0.3 is 10.2 Å². The van der Waals surface area contributed by atoms with Gasteiger partial charge >= 0.3 is 0 Å². The van der Waals surface area contributed by atoms with Crippen molar-refractivity contribution in [1.29, 1.82) is 0 Å². The van der Waals surface area contributed by atoms with E-state index in [1.807, 2.05) is 0 Å². The van der Waals surface area contributed by atoms with Crippen LogP contribution in [0, 0.1) is 5.92 Å². The molecule has 0 aromatic heterocycles. The molecule has 0 aromatic rings. The Balaban J connectivity index is 1.99. The lowest BCUT2D eigenvalue weighted by molar-refractivity contribution is 0.175. The van der Waals surface area contributed by atoms with Crippen LogP contribution in [-0.2, 0) is 0 Å². The van der Waals surface area contributed by atoms with E-state index < -0.39 is 0 Å². The fourth-order valence-electron chi connectivity index (χ4n) is 2.84. The van der Waals surface area contributed by atoms with Gasteiger partial charge in [-0.3, -0.25) is 0 Å². The molecule has 1 N–H and O–H groups in total. The van der Waals surface area contributed by atoms with Crippen LogP contribution in [0.4, 0.5) is 0 Å². The topological polar surface area (TPSA) is 15.3 Å². The molecule has 2 nitrogen and oxygen atoms in total. The summed E-state index contributed by atoms with van der Waals surface area (Å²) in [5, 5.41) is 3.31. The lowest BCUT2D eigenvalue weighted by Crippen LogP contribution is -2.34. The molecule has 0 amide bonds. The Morgan fingerprint density at radius 1 is 1.24 bits per heavy atom. The zero-order chi connectivity index (χ0) is 12.5. The van der Waals surface area contributed by atoms with Crippen molar-refractivity contribution in [2.45, 2.75) is 64.8 Å². The van der Waals surface area contributed by atoms with Gasteiger partial charge in [-0.25, -0.2) is 0 Å². The minimum atomic E-state index is 0.685. The molecule has 0 radical (unpaired) electrons.